The first kappa shape index (κ1) is 16.1. The van der Waals surface area contributed by atoms with Crippen LogP contribution >= 0.6 is 39.1 Å². The van der Waals surface area contributed by atoms with Crippen molar-refractivity contribution in [3.63, 3.8) is 0 Å². The number of carbonyl (C=O) groups is 1. The van der Waals surface area contributed by atoms with Crippen LogP contribution in [0.4, 0.5) is 11.5 Å². The molecule has 0 aliphatic rings. The van der Waals surface area contributed by atoms with Gasteiger partial charge in [0.15, 0.2) is 0 Å². The number of hydrogen-bond donors (Lipinski definition) is 2. The highest BCUT2D eigenvalue weighted by Crippen LogP contribution is 2.26. The van der Waals surface area contributed by atoms with Crippen molar-refractivity contribution in [1.29, 1.82) is 0 Å². The van der Waals surface area contributed by atoms with Gasteiger partial charge in [-0.15, -0.1) is 0 Å². The first-order valence-corrected chi connectivity index (χ1v) is 7.73. The molecule has 4 nitrogen and oxygen atoms in total. The Morgan fingerprint density at radius 2 is 2.00 bits per heavy atom. The number of rotatable bonds is 4. The van der Waals surface area contributed by atoms with Crippen molar-refractivity contribution in [3.05, 3.63) is 50.5 Å². The monoisotopic (exact) mass is 387 g/mol. The van der Waals surface area contributed by atoms with E-state index in [4.69, 9.17) is 23.2 Å². The molecule has 0 aliphatic heterocycles. The highest BCUT2D eigenvalue weighted by atomic mass is 79.9. The molecule has 7 heteroatoms. The van der Waals surface area contributed by atoms with Gasteiger partial charge in [-0.25, -0.2) is 4.98 Å². The lowest BCUT2D eigenvalue weighted by molar-refractivity contribution is 0.102. The molecule has 0 radical (unpaired) electrons. The van der Waals surface area contributed by atoms with Gasteiger partial charge in [-0.1, -0.05) is 39.1 Å². The molecule has 110 valence electrons. The second-order valence-corrected chi connectivity index (χ2v) is 5.87. The molecule has 0 saturated carbocycles. The summed E-state index contributed by atoms with van der Waals surface area (Å²) in [7, 11) is 0. The molecule has 2 N–H and O–H groups in total. The number of nitrogens with one attached hydrogen (secondary N) is 2. The van der Waals surface area contributed by atoms with E-state index < -0.39 is 5.91 Å². The van der Waals surface area contributed by atoms with Crippen LogP contribution in [0.25, 0.3) is 0 Å². The van der Waals surface area contributed by atoms with Crippen LogP contribution in [-0.4, -0.2) is 17.4 Å². The summed E-state index contributed by atoms with van der Waals surface area (Å²) in [5.74, 6) is 0.179. The van der Waals surface area contributed by atoms with Crippen molar-refractivity contribution in [2.75, 3.05) is 17.2 Å². The normalized spacial score (nSPS) is 10.3. The van der Waals surface area contributed by atoms with E-state index in [1.165, 1.54) is 0 Å². The molecule has 0 unspecified atom stereocenters. The first-order chi connectivity index (χ1) is 10.0. The molecule has 1 aromatic heterocycles. The molecule has 1 amide bonds. The van der Waals surface area contributed by atoms with Crippen LogP contribution in [0.5, 0.6) is 0 Å². The molecule has 0 spiro atoms. The summed E-state index contributed by atoms with van der Waals surface area (Å²) in [6, 6.07) is 8.53. The van der Waals surface area contributed by atoms with E-state index in [9.17, 15) is 4.79 Å². The number of anilines is 2. The average Bonchev–Trinajstić information content (AvgIpc) is 2.44. The van der Waals surface area contributed by atoms with Gasteiger partial charge in [0.05, 0.1) is 15.7 Å². The predicted octanol–water partition coefficient (Wildman–Crippen LogP) is 4.84. The SMILES string of the molecule is CCNc1ccc(Cl)c(C(=O)Nc2ccc(Br)cc2Cl)n1. The Morgan fingerprint density at radius 1 is 1.24 bits per heavy atom. The molecule has 21 heavy (non-hydrogen) atoms. The average molecular weight is 389 g/mol. The van der Waals surface area contributed by atoms with E-state index in [0.717, 1.165) is 4.47 Å². The minimum atomic E-state index is -0.413. The number of hydrogen-bond acceptors (Lipinski definition) is 3. The Balaban J connectivity index is 2.25. The molecule has 0 atom stereocenters. The van der Waals surface area contributed by atoms with Gasteiger partial charge in [0, 0.05) is 11.0 Å². The van der Waals surface area contributed by atoms with Crippen LogP contribution < -0.4 is 10.6 Å². The standard InChI is InChI=1S/C14H12BrCl2N3O/c1-2-18-12-6-4-9(16)13(20-12)14(21)19-11-5-3-8(15)7-10(11)17/h3-7H,2H2,1H3,(H,18,20)(H,19,21). The van der Waals surface area contributed by atoms with Crippen molar-refractivity contribution in [3.8, 4) is 0 Å². The number of aromatic nitrogens is 1. The Bertz CT molecular complexity index is 679. The van der Waals surface area contributed by atoms with E-state index in [2.05, 4.69) is 31.5 Å². The fourth-order valence-electron chi connectivity index (χ4n) is 1.65. The Labute approximate surface area is 141 Å². The van der Waals surface area contributed by atoms with E-state index in [-0.39, 0.29) is 10.7 Å². The molecule has 1 aromatic carbocycles. The summed E-state index contributed by atoms with van der Waals surface area (Å²) in [6.45, 7) is 2.64. The summed E-state index contributed by atoms with van der Waals surface area (Å²) >= 11 is 15.4. The predicted molar refractivity (Wildman–Crippen MR) is 90.5 cm³/mol. The molecular weight excluding hydrogens is 377 g/mol. The zero-order valence-electron chi connectivity index (χ0n) is 11.1. The van der Waals surface area contributed by atoms with Crippen molar-refractivity contribution < 1.29 is 4.79 Å². The zero-order valence-corrected chi connectivity index (χ0v) is 14.2. The molecule has 2 rings (SSSR count). The second kappa shape index (κ2) is 7.11. The van der Waals surface area contributed by atoms with Gasteiger partial charge in [-0.2, -0.15) is 0 Å². The second-order valence-electron chi connectivity index (χ2n) is 4.14. The third kappa shape index (κ3) is 4.09. The fourth-order valence-corrected chi connectivity index (χ4v) is 2.57. The zero-order chi connectivity index (χ0) is 15.4. The largest absolute Gasteiger partial charge is 0.370 e. The van der Waals surface area contributed by atoms with Gasteiger partial charge in [0.25, 0.3) is 5.91 Å². The maximum Gasteiger partial charge on any atom is 0.275 e. The van der Waals surface area contributed by atoms with Crippen molar-refractivity contribution >= 4 is 56.5 Å². The molecule has 0 fully saturated rings. The lowest BCUT2D eigenvalue weighted by atomic mass is 10.3. The minimum absolute atomic E-state index is 0.147. The van der Waals surface area contributed by atoms with Crippen LogP contribution in [0.3, 0.4) is 0 Å². The van der Waals surface area contributed by atoms with Crippen LogP contribution in [0.1, 0.15) is 17.4 Å². The van der Waals surface area contributed by atoms with Crippen molar-refractivity contribution in [1.82, 2.24) is 4.98 Å². The van der Waals surface area contributed by atoms with E-state index >= 15 is 0 Å². The lowest BCUT2D eigenvalue weighted by Gasteiger charge is -2.10. The number of nitrogens with zero attached hydrogens (tertiary/aromatic N) is 1. The Morgan fingerprint density at radius 3 is 2.67 bits per heavy atom. The molecule has 1 heterocycles. The van der Waals surface area contributed by atoms with Gasteiger partial charge < -0.3 is 10.6 Å². The molecule has 2 aromatic rings. The Kier molecular flexibility index (Phi) is 5.45. The number of carbonyl (C=O) groups excluding carboxylic acids is 1. The first-order valence-electron chi connectivity index (χ1n) is 6.18. The number of halogens is 3. The summed E-state index contributed by atoms with van der Waals surface area (Å²) in [4.78, 5) is 16.5. The topological polar surface area (TPSA) is 54.0 Å². The highest BCUT2D eigenvalue weighted by Gasteiger charge is 2.15. The van der Waals surface area contributed by atoms with Crippen LogP contribution in [0.2, 0.25) is 10.0 Å². The fraction of sp³-hybridized carbons (Fsp3) is 0.143. The number of benzene rings is 1. The minimum Gasteiger partial charge on any atom is -0.370 e. The summed E-state index contributed by atoms with van der Waals surface area (Å²) in [6.07, 6.45) is 0. The van der Waals surface area contributed by atoms with Gasteiger partial charge in [-0.3, -0.25) is 4.79 Å². The van der Waals surface area contributed by atoms with E-state index in [0.29, 0.717) is 23.1 Å². The number of pyridine rings is 1. The summed E-state index contributed by atoms with van der Waals surface area (Å²) in [5, 5.41) is 6.44. The van der Waals surface area contributed by atoms with Gasteiger partial charge in [0.2, 0.25) is 0 Å². The van der Waals surface area contributed by atoms with Gasteiger partial charge >= 0.3 is 0 Å². The van der Waals surface area contributed by atoms with Crippen molar-refractivity contribution in [2.24, 2.45) is 0 Å². The van der Waals surface area contributed by atoms with Crippen LogP contribution in [0, 0.1) is 0 Å². The maximum absolute atomic E-state index is 12.3. The quantitative estimate of drug-likeness (QED) is 0.788. The lowest BCUT2D eigenvalue weighted by Crippen LogP contribution is -2.15. The number of amides is 1. The smallest absolute Gasteiger partial charge is 0.275 e. The van der Waals surface area contributed by atoms with Gasteiger partial charge in [-0.05, 0) is 37.3 Å². The van der Waals surface area contributed by atoms with Gasteiger partial charge in [0.1, 0.15) is 11.5 Å². The van der Waals surface area contributed by atoms with Crippen LogP contribution in [0.15, 0.2) is 34.8 Å². The summed E-state index contributed by atoms with van der Waals surface area (Å²) < 4.78 is 0.829. The third-order valence-electron chi connectivity index (χ3n) is 2.60. The van der Waals surface area contributed by atoms with Crippen molar-refractivity contribution in [2.45, 2.75) is 6.92 Å². The summed E-state index contributed by atoms with van der Waals surface area (Å²) in [5.41, 5.74) is 0.644. The maximum atomic E-state index is 12.3. The van der Waals surface area contributed by atoms with E-state index in [1.807, 2.05) is 6.92 Å². The Hall–Kier alpha value is -1.30. The molecular formula is C14H12BrCl2N3O. The molecule has 0 aliphatic carbocycles. The molecule has 0 bridgehead atoms. The van der Waals surface area contributed by atoms with E-state index in [1.54, 1.807) is 30.3 Å². The van der Waals surface area contributed by atoms with Crippen LogP contribution in [-0.2, 0) is 0 Å². The molecule has 0 saturated heterocycles. The third-order valence-corrected chi connectivity index (χ3v) is 3.71. The highest BCUT2D eigenvalue weighted by molar-refractivity contribution is 9.10.